The lowest BCUT2D eigenvalue weighted by Crippen LogP contribution is -2.44. The molecule has 122 valence electrons. The molecule has 0 saturated carbocycles. The first-order valence-corrected chi connectivity index (χ1v) is 7.16. The Morgan fingerprint density at radius 1 is 1.43 bits per heavy atom. The van der Waals surface area contributed by atoms with Crippen LogP contribution in [0, 0.1) is 18.6 Å². The van der Waals surface area contributed by atoms with Gasteiger partial charge in [-0.05, 0) is 18.6 Å². The lowest BCUT2D eigenvalue weighted by Gasteiger charge is -2.33. The molecule has 0 aliphatic carbocycles. The van der Waals surface area contributed by atoms with Crippen LogP contribution in [-0.2, 0) is 16.0 Å². The van der Waals surface area contributed by atoms with Crippen LogP contribution in [0.4, 0.5) is 8.78 Å². The molecule has 1 fully saturated rings. The molecule has 23 heavy (non-hydrogen) atoms. The van der Waals surface area contributed by atoms with Gasteiger partial charge in [0.15, 0.2) is 5.82 Å². The van der Waals surface area contributed by atoms with E-state index in [1.54, 1.807) is 6.92 Å². The summed E-state index contributed by atoms with van der Waals surface area (Å²) in [5.74, 6) is -0.974. The first-order valence-electron chi connectivity index (χ1n) is 7.16. The van der Waals surface area contributed by atoms with Crippen LogP contribution in [0.5, 0.6) is 0 Å². The van der Waals surface area contributed by atoms with E-state index in [0.29, 0.717) is 19.0 Å². The highest BCUT2D eigenvalue weighted by Gasteiger charge is 2.32. The monoisotopic (exact) mass is 323 g/mol. The average molecular weight is 323 g/mol. The summed E-state index contributed by atoms with van der Waals surface area (Å²) in [4.78, 5) is 18.2. The van der Waals surface area contributed by atoms with Gasteiger partial charge < -0.3 is 14.2 Å². The molecule has 2 aromatic rings. The number of nitrogens with zero attached hydrogens (tertiary/aromatic N) is 3. The first-order chi connectivity index (χ1) is 11.0. The topological polar surface area (TPSA) is 68.5 Å². The van der Waals surface area contributed by atoms with Crippen molar-refractivity contribution in [2.75, 3.05) is 19.8 Å². The molecule has 0 N–H and O–H groups in total. The minimum atomic E-state index is -0.739. The van der Waals surface area contributed by atoms with Crippen LogP contribution in [0.15, 0.2) is 22.7 Å². The Labute approximate surface area is 131 Å². The van der Waals surface area contributed by atoms with Gasteiger partial charge in [0.1, 0.15) is 17.7 Å². The van der Waals surface area contributed by atoms with Gasteiger partial charge in [-0.15, -0.1) is 0 Å². The quantitative estimate of drug-likeness (QED) is 0.861. The summed E-state index contributed by atoms with van der Waals surface area (Å²) < 4.78 is 37.2. The summed E-state index contributed by atoms with van der Waals surface area (Å²) in [6, 6.07) is 2.67. The summed E-state index contributed by atoms with van der Waals surface area (Å²) in [5, 5.41) is 3.71. The van der Waals surface area contributed by atoms with Gasteiger partial charge in [-0.3, -0.25) is 4.79 Å². The number of rotatable bonds is 3. The lowest BCUT2D eigenvalue weighted by atomic mass is 10.1. The number of hydrogen-bond donors (Lipinski definition) is 0. The fraction of sp³-hybridized carbons (Fsp3) is 0.400. The van der Waals surface area contributed by atoms with Gasteiger partial charge in [0.25, 0.3) is 5.89 Å². The molecular weight excluding hydrogens is 308 g/mol. The number of benzene rings is 1. The maximum absolute atomic E-state index is 13.7. The van der Waals surface area contributed by atoms with Gasteiger partial charge in [0, 0.05) is 12.6 Å². The maximum Gasteiger partial charge on any atom is 0.251 e. The van der Waals surface area contributed by atoms with Crippen molar-refractivity contribution in [3.63, 3.8) is 0 Å². The molecule has 6 nitrogen and oxygen atoms in total. The minimum Gasteiger partial charge on any atom is -0.377 e. The van der Waals surface area contributed by atoms with Crippen molar-refractivity contribution in [1.29, 1.82) is 0 Å². The Hall–Kier alpha value is -2.35. The van der Waals surface area contributed by atoms with Crippen molar-refractivity contribution in [2.24, 2.45) is 0 Å². The van der Waals surface area contributed by atoms with Crippen molar-refractivity contribution >= 4 is 5.91 Å². The Bertz CT molecular complexity index is 720. The van der Waals surface area contributed by atoms with Crippen LogP contribution in [0.1, 0.15) is 23.3 Å². The van der Waals surface area contributed by atoms with E-state index in [-0.39, 0.29) is 30.4 Å². The number of morpholine rings is 1. The third kappa shape index (κ3) is 3.37. The maximum atomic E-state index is 13.7. The largest absolute Gasteiger partial charge is 0.377 e. The molecule has 1 aliphatic rings. The van der Waals surface area contributed by atoms with Gasteiger partial charge in [-0.1, -0.05) is 11.2 Å². The third-order valence-corrected chi connectivity index (χ3v) is 3.63. The Balaban J connectivity index is 1.78. The molecule has 1 aromatic heterocycles. The van der Waals surface area contributed by atoms with E-state index in [0.717, 1.165) is 12.1 Å². The molecule has 2 heterocycles. The first kappa shape index (κ1) is 15.5. The molecule has 3 rings (SSSR count). The molecule has 1 atom stereocenters. The summed E-state index contributed by atoms with van der Waals surface area (Å²) >= 11 is 0. The number of hydrogen-bond acceptors (Lipinski definition) is 5. The number of aromatic nitrogens is 2. The van der Waals surface area contributed by atoms with Crippen LogP contribution in [0.3, 0.4) is 0 Å². The van der Waals surface area contributed by atoms with Crippen molar-refractivity contribution in [3.8, 4) is 0 Å². The fourth-order valence-corrected chi connectivity index (χ4v) is 2.48. The number of aryl methyl sites for hydroxylation is 1. The minimum absolute atomic E-state index is 0.142. The standard InChI is InChI=1S/C15H15F2N3O3/c1-9-18-15(23-19-9)13-8-22-5-4-20(13)14(21)6-10-2-3-11(16)7-12(10)17/h2-3,7,13H,4-6,8H2,1H3/t13-/m0/s1. The third-order valence-electron chi connectivity index (χ3n) is 3.63. The van der Waals surface area contributed by atoms with Crippen LogP contribution < -0.4 is 0 Å². The molecule has 1 saturated heterocycles. The SMILES string of the molecule is Cc1noc([C@@H]2COCCN2C(=O)Cc2ccc(F)cc2F)n1. The van der Waals surface area contributed by atoms with Crippen LogP contribution in [0.25, 0.3) is 0 Å². The number of amides is 1. The summed E-state index contributed by atoms with van der Waals surface area (Å²) in [7, 11) is 0. The summed E-state index contributed by atoms with van der Waals surface area (Å²) in [6.07, 6.45) is -0.171. The van der Waals surface area contributed by atoms with E-state index in [2.05, 4.69) is 10.1 Å². The van der Waals surface area contributed by atoms with Crippen molar-refractivity contribution in [2.45, 2.75) is 19.4 Å². The highest BCUT2D eigenvalue weighted by Crippen LogP contribution is 2.24. The molecule has 0 radical (unpaired) electrons. The number of halogens is 2. The molecule has 8 heteroatoms. The summed E-state index contributed by atoms with van der Waals surface area (Å²) in [5.41, 5.74) is 0.142. The zero-order valence-electron chi connectivity index (χ0n) is 12.5. The van der Waals surface area contributed by atoms with Crippen molar-refractivity contribution in [3.05, 3.63) is 47.1 Å². The van der Waals surface area contributed by atoms with E-state index in [9.17, 15) is 13.6 Å². The van der Waals surface area contributed by atoms with E-state index < -0.39 is 17.7 Å². The van der Waals surface area contributed by atoms with Gasteiger partial charge >= 0.3 is 0 Å². The van der Waals surface area contributed by atoms with Crippen LogP contribution in [-0.4, -0.2) is 40.7 Å². The molecule has 0 unspecified atom stereocenters. The second kappa shape index (κ2) is 6.41. The Morgan fingerprint density at radius 3 is 2.96 bits per heavy atom. The molecule has 0 bridgehead atoms. The van der Waals surface area contributed by atoms with E-state index in [4.69, 9.17) is 9.26 Å². The molecular formula is C15H15F2N3O3. The van der Waals surface area contributed by atoms with Crippen molar-refractivity contribution in [1.82, 2.24) is 15.0 Å². The smallest absolute Gasteiger partial charge is 0.251 e. The molecule has 1 aromatic carbocycles. The second-order valence-corrected chi connectivity index (χ2v) is 5.27. The van der Waals surface area contributed by atoms with Gasteiger partial charge in [0.2, 0.25) is 5.91 Å². The zero-order valence-corrected chi connectivity index (χ0v) is 12.5. The number of ether oxygens (including phenoxy) is 1. The Morgan fingerprint density at radius 2 is 2.26 bits per heavy atom. The van der Waals surface area contributed by atoms with Crippen LogP contribution >= 0.6 is 0 Å². The van der Waals surface area contributed by atoms with E-state index >= 15 is 0 Å². The van der Waals surface area contributed by atoms with E-state index in [1.165, 1.54) is 11.0 Å². The number of carbonyl (C=O) groups excluding carboxylic acids is 1. The lowest BCUT2D eigenvalue weighted by molar-refractivity contribution is -0.140. The fourth-order valence-electron chi connectivity index (χ4n) is 2.48. The highest BCUT2D eigenvalue weighted by atomic mass is 19.1. The van der Waals surface area contributed by atoms with Crippen molar-refractivity contribution < 1.29 is 22.8 Å². The normalized spacial score (nSPS) is 18.2. The zero-order chi connectivity index (χ0) is 16.4. The number of carbonyl (C=O) groups is 1. The molecule has 1 aliphatic heterocycles. The average Bonchev–Trinajstić information content (AvgIpc) is 2.96. The summed E-state index contributed by atoms with van der Waals surface area (Å²) in [6.45, 7) is 2.63. The Kier molecular flexibility index (Phi) is 4.33. The second-order valence-electron chi connectivity index (χ2n) is 5.27. The van der Waals surface area contributed by atoms with E-state index in [1.807, 2.05) is 0 Å². The van der Waals surface area contributed by atoms with Gasteiger partial charge in [-0.2, -0.15) is 4.98 Å². The van der Waals surface area contributed by atoms with Crippen LogP contribution in [0.2, 0.25) is 0 Å². The predicted octanol–water partition coefficient (Wildman–Crippen LogP) is 1.80. The van der Waals surface area contributed by atoms with Gasteiger partial charge in [0.05, 0.1) is 19.6 Å². The highest BCUT2D eigenvalue weighted by molar-refractivity contribution is 5.79. The molecule has 0 spiro atoms. The molecule has 1 amide bonds. The van der Waals surface area contributed by atoms with Gasteiger partial charge in [-0.25, -0.2) is 8.78 Å². The predicted molar refractivity (Wildman–Crippen MR) is 74.4 cm³/mol.